The van der Waals surface area contributed by atoms with Gasteiger partial charge in [0.05, 0.1) is 32.6 Å². The minimum absolute atomic E-state index is 0.278. The van der Waals surface area contributed by atoms with E-state index in [4.69, 9.17) is 15.0 Å². The fraction of sp³-hybridized carbons (Fsp3) is 0.875. The number of aliphatic carboxylic acids is 1. The van der Waals surface area contributed by atoms with Gasteiger partial charge in [-0.15, -0.1) is 0 Å². The van der Waals surface area contributed by atoms with Crippen LogP contribution in [0.3, 0.4) is 0 Å². The molecule has 0 aromatic carbocycles. The Morgan fingerprint density at radius 3 is 2.08 bits per heavy atom. The number of aliphatic hydroxyl groups excluding tert-OH is 1. The number of carboxylic acid groups (broad SMARTS) is 1. The van der Waals surface area contributed by atoms with Crippen LogP contribution < -0.4 is 5.11 Å². The summed E-state index contributed by atoms with van der Waals surface area (Å²) in [6.07, 6.45) is 0. The molecule has 0 amide bonds. The summed E-state index contributed by atoms with van der Waals surface area (Å²) in [5.74, 6) is -1.08. The third kappa shape index (κ3) is 18.7. The van der Waals surface area contributed by atoms with E-state index in [2.05, 4.69) is 30.0 Å². The Labute approximate surface area is 87.9 Å². The number of carbonyl (C=O) groups is 1. The van der Waals surface area contributed by atoms with Crippen molar-refractivity contribution in [2.75, 3.05) is 39.1 Å². The third-order valence-corrected chi connectivity index (χ3v) is 1.75. The number of alkyl halides is 1. The molecule has 0 heterocycles. The third-order valence-electron chi connectivity index (χ3n) is 1.40. The van der Waals surface area contributed by atoms with Crippen molar-refractivity contribution in [1.82, 2.24) is 0 Å². The normalized spacial score (nSPS) is 10.2. The summed E-state index contributed by atoms with van der Waals surface area (Å²) in [6, 6.07) is 0. The molecule has 0 spiro atoms. The van der Waals surface area contributed by atoms with Gasteiger partial charge < -0.3 is 19.5 Å². The van der Waals surface area contributed by atoms with E-state index in [-0.39, 0.29) is 6.61 Å². The monoisotopic (exact) mass is 255 g/mol. The smallest absolute Gasteiger partial charge is 0.102 e. The first-order chi connectivity index (χ1) is 5.85. The molecule has 5 heteroatoms. The van der Waals surface area contributed by atoms with Gasteiger partial charge in [0, 0.05) is 5.97 Å². The lowest BCUT2D eigenvalue weighted by molar-refractivity contribution is -0.888. The maximum absolute atomic E-state index is 8.89. The highest BCUT2D eigenvalue weighted by molar-refractivity contribution is 9.09. The van der Waals surface area contributed by atoms with Crippen LogP contribution in [-0.4, -0.2) is 54.7 Å². The molecular formula is C8H18BrNO3. The lowest BCUT2D eigenvalue weighted by Gasteiger charge is -2.27. The molecule has 0 atom stereocenters. The maximum atomic E-state index is 8.89. The summed E-state index contributed by atoms with van der Waals surface area (Å²) in [5.41, 5.74) is 0. The Bertz CT molecular complexity index is 127. The molecule has 13 heavy (non-hydrogen) atoms. The molecule has 1 N–H and O–H groups in total. The molecule has 0 bridgehead atoms. The van der Waals surface area contributed by atoms with Gasteiger partial charge in [-0.2, -0.15) is 0 Å². The van der Waals surface area contributed by atoms with Crippen LogP contribution in [0.4, 0.5) is 0 Å². The topological polar surface area (TPSA) is 60.4 Å². The molecular weight excluding hydrogens is 238 g/mol. The van der Waals surface area contributed by atoms with E-state index in [1.165, 1.54) is 0 Å². The van der Waals surface area contributed by atoms with Gasteiger partial charge in [0.15, 0.2) is 0 Å². The predicted octanol–water partition coefficient (Wildman–Crippen LogP) is -0.794. The molecule has 0 aliphatic carbocycles. The first kappa shape index (κ1) is 15.3. The maximum Gasteiger partial charge on any atom is 0.102 e. The minimum Gasteiger partial charge on any atom is -0.550 e. The number of halogens is 1. The number of quaternary nitrogens is 1. The summed E-state index contributed by atoms with van der Waals surface area (Å²) in [6.45, 7) is 3.16. The summed E-state index contributed by atoms with van der Waals surface area (Å²) >= 11 is 3.36. The molecule has 0 saturated heterocycles. The number of hydrogen-bond acceptors (Lipinski definition) is 3. The van der Waals surface area contributed by atoms with Crippen molar-refractivity contribution in [3.8, 4) is 0 Å². The van der Waals surface area contributed by atoms with Gasteiger partial charge in [0.2, 0.25) is 0 Å². The molecule has 0 unspecified atom stereocenters. The average Bonchev–Trinajstić information content (AvgIpc) is 1.84. The second kappa shape index (κ2) is 8.47. The molecule has 0 fully saturated rings. The van der Waals surface area contributed by atoms with Crippen molar-refractivity contribution in [1.29, 1.82) is 0 Å². The summed E-state index contributed by atoms with van der Waals surface area (Å²) in [5, 5.41) is 18.5. The largest absolute Gasteiger partial charge is 0.550 e. The van der Waals surface area contributed by atoms with Crippen molar-refractivity contribution in [3.63, 3.8) is 0 Å². The van der Waals surface area contributed by atoms with Crippen LogP contribution in [0.1, 0.15) is 6.92 Å². The second-order valence-corrected chi connectivity index (χ2v) is 4.08. The highest BCUT2D eigenvalue weighted by Gasteiger charge is 2.11. The Morgan fingerprint density at radius 1 is 1.46 bits per heavy atom. The first-order valence-electron chi connectivity index (χ1n) is 4.02. The van der Waals surface area contributed by atoms with E-state index < -0.39 is 5.97 Å². The standard InChI is InChI=1S/C6H15BrNO.C2H4O2/c1-8(2,4-3-7)5-6-9;1-2(3)4/h9H,3-6H2,1-2H3;1H3,(H,3,4)/q+1;/p-1. The van der Waals surface area contributed by atoms with Crippen LogP contribution in [-0.2, 0) is 4.79 Å². The zero-order valence-electron chi connectivity index (χ0n) is 8.42. The molecule has 0 radical (unpaired) electrons. The van der Waals surface area contributed by atoms with E-state index in [9.17, 15) is 0 Å². The van der Waals surface area contributed by atoms with E-state index in [0.29, 0.717) is 0 Å². The number of likely N-dealkylation sites (N-methyl/N-ethyl adjacent to an activating group) is 1. The molecule has 0 aromatic rings. The molecule has 0 aliphatic heterocycles. The van der Waals surface area contributed by atoms with Crippen molar-refractivity contribution in [2.45, 2.75) is 6.92 Å². The first-order valence-corrected chi connectivity index (χ1v) is 5.14. The fourth-order valence-corrected chi connectivity index (χ4v) is 1.57. The van der Waals surface area contributed by atoms with Gasteiger partial charge in [0.1, 0.15) is 6.54 Å². The molecule has 4 nitrogen and oxygen atoms in total. The molecule has 0 aromatic heterocycles. The molecule has 0 aliphatic rings. The molecule has 0 saturated carbocycles. The fourth-order valence-electron chi connectivity index (χ4n) is 0.611. The van der Waals surface area contributed by atoms with E-state index in [0.717, 1.165) is 29.8 Å². The van der Waals surface area contributed by atoms with Crippen LogP contribution in [0.2, 0.25) is 0 Å². The van der Waals surface area contributed by atoms with Crippen LogP contribution >= 0.6 is 15.9 Å². The van der Waals surface area contributed by atoms with Gasteiger partial charge in [-0.1, -0.05) is 15.9 Å². The van der Waals surface area contributed by atoms with Crippen LogP contribution in [0.5, 0.6) is 0 Å². The molecule has 0 rings (SSSR count). The van der Waals surface area contributed by atoms with Crippen molar-refractivity contribution < 1.29 is 19.5 Å². The lowest BCUT2D eigenvalue weighted by atomic mass is 10.4. The number of nitrogens with zero attached hydrogens (tertiary/aromatic N) is 1. The van der Waals surface area contributed by atoms with Crippen LogP contribution in [0.15, 0.2) is 0 Å². The zero-order valence-corrected chi connectivity index (χ0v) is 10.0. The number of carboxylic acids is 1. The van der Waals surface area contributed by atoms with E-state index in [1.54, 1.807) is 0 Å². The Kier molecular flexibility index (Phi) is 10.00. The zero-order chi connectivity index (χ0) is 10.9. The number of rotatable bonds is 4. The van der Waals surface area contributed by atoms with Gasteiger partial charge in [-0.3, -0.25) is 0 Å². The average molecular weight is 256 g/mol. The summed E-state index contributed by atoms with van der Waals surface area (Å²) in [4.78, 5) is 8.89. The minimum atomic E-state index is -1.08. The second-order valence-electron chi connectivity index (χ2n) is 3.29. The summed E-state index contributed by atoms with van der Waals surface area (Å²) in [7, 11) is 4.22. The number of aliphatic hydroxyl groups is 1. The Morgan fingerprint density at radius 2 is 1.85 bits per heavy atom. The number of carbonyl (C=O) groups excluding carboxylic acids is 1. The quantitative estimate of drug-likeness (QED) is 0.529. The van der Waals surface area contributed by atoms with E-state index in [1.807, 2.05) is 0 Å². The summed E-state index contributed by atoms with van der Waals surface area (Å²) < 4.78 is 0.891. The van der Waals surface area contributed by atoms with Crippen LogP contribution in [0.25, 0.3) is 0 Å². The number of hydrogen-bond donors (Lipinski definition) is 1. The van der Waals surface area contributed by atoms with Crippen molar-refractivity contribution in [2.24, 2.45) is 0 Å². The highest BCUT2D eigenvalue weighted by atomic mass is 79.9. The van der Waals surface area contributed by atoms with Crippen molar-refractivity contribution >= 4 is 21.9 Å². The lowest BCUT2D eigenvalue weighted by Crippen LogP contribution is -2.43. The Balaban J connectivity index is 0. The predicted molar refractivity (Wildman–Crippen MR) is 53.4 cm³/mol. The van der Waals surface area contributed by atoms with Gasteiger partial charge in [0.25, 0.3) is 0 Å². The van der Waals surface area contributed by atoms with Gasteiger partial charge >= 0.3 is 0 Å². The van der Waals surface area contributed by atoms with Crippen molar-refractivity contribution in [3.05, 3.63) is 0 Å². The van der Waals surface area contributed by atoms with E-state index >= 15 is 0 Å². The highest BCUT2D eigenvalue weighted by Crippen LogP contribution is 1.96. The SMILES string of the molecule is CC(=O)[O-].C[N+](C)(CCO)CCBr. The van der Waals surface area contributed by atoms with Crippen LogP contribution in [0, 0.1) is 0 Å². The molecule has 80 valence electrons. The van der Waals surface area contributed by atoms with Gasteiger partial charge in [-0.05, 0) is 6.92 Å². The van der Waals surface area contributed by atoms with Gasteiger partial charge in [-0.25, -0.2) is 0 Å². The Hall–Kier alpha value is -0.130.